The van der Waals surface area contributed by atoms with Gasteiger partial charge in [0.1, 0.15) is 29.3 Å². The van der Waals surface area contributed by atoms with E-state index in [1.54, 1.807) is 20.8 Å². The number of aryl methyl sites for hydroxylation is 1. The maximum absolute atomic E-state index is 13.4. The quantitative estimate of drug-likeness (QED) is 0.283. The highest BCUT2D eigenvalue weighted by Crippen LogP contribution is 2.50. The number of hydrogen-bond donors (Lipinski definition) is 5. The zero-order valence-electron chi connectivity index (χ0n) is 21.0. The van der Waals surface area contributed by atoms with E-state index in [0.717, 1.165) is 13.0 Å². The average molecular weight is 529 g/mol. The van der Waals surface area contributed by atoms with Crippen molar-refractivity contribution in [3.8, 4) is 11.5 Å². The predicted molar refractivity (Wildman–Crippen MR) is 129 cm³/mol. The van der Waals surface area contributed by atoms with Crippen LogP contribution in [0.2, 0.25) is 0 Å². The van der Waals surface area contributed by atoms with Crippen LogP contribution < -0.4 is 0 Å². The third-order valence-electron chi connectivity index (χ3n) is 6.48. The highest BCUT2D eigenvalue weighted by atomic mass is 16.7. The fourth-order valence-corrected chi connectivity index (χ4v) is 4.96. The van der Waals surface area contributed by atoms with Crippen molar-refractivity contribution in [2.45, 2.75) is 64.0 Å². The highest BCUT2D eigenvalue weighted by Gasteiger charge is 2.60. The first-order valence-electron chi connectivity index (χ1n) is 11.7. The molecule has 1 fully saturated rings. The molecule has 11 nitrogen and oxygen atoms in total. The standard InChI is InChI=1S/C27H28O11/c1-11(2)8-18(31)37-24-22(33)25(38-26(23(24)34)36-13(4)28)27(35)14-6-5-7-16(29)19(14)21(32)20-15(27)9-12(3)10-17(20)30/h5-10,22-26,29-30,33-35H,1-4H3. The van der Waals surface area contributed by atoms with Crippen LogP contribution >= 0.6 is 0 Å². The average Bonchev–Trinajstić information content (AvgIpc) is 2.80. The van der Waals surface area contributed by atoms with Crippen molar-refractivity contribution in [2.24, 2.45) is 0 Å². The number of ketones is 1. The van der Waals surface area contributed by atoms with Gasteiger partial charge in [0.25, 0.3) is 0 Å². The van der Waals surface area contributed by atoms with Gasteiger partial charge in [0.15, 0.2) is 12.2 Å². The minimum Gasteiger partial charge on any atom is -0.507 e. The van der Waals surface area contributed by atoms with Crippen molar-refractivity contribution in [3.05, 3.63) is 69.8 Å². The molecule has 1 saturated heterocycles. The summed E-state index contributed by atoms with van der Waals surface area (Å²) in [5.41, 5.74) is -2.54. The van der Waals surface area contributed by atoms with Crippen molar-refractivity contribution in [1.82, 2.24) is 0 Å². The van der Waals surface area contributed by atoms with Crippen LogP contribution in [0.3, 0.4) is 0 Å². The molecule has 1 aliphatic heterocycles. The third-order valence-corrected chi connectivity index (χ3v) is 6.48. The van der Waals surface area contributed by atoms with E-state index in [9.17, 15) is 39.9 Å². The summed E-state index contributed by atoms with van der Waals surface area (Å²) in [7, 11) is 0. The van der Waals surface area contributed by atoms with Crippen molar-refractivity contribution < 1.29 is 54.1 Å². The van der Waals surface area contributed by atoms with Gasteiger partial charge in [-0.1, -0.05) is 23.8 Å². The first-order chi connectivity index (χ1) is 17.8. The molecule has 0 bridgehead atoms. The molecule has 6 unspecified atom stereocenters. The number of carbonyl (C=O) groups excluding carboxylic acids is 3. The van der Waals surface area contributed by atoms with E-state index in [1.807, 2.05) is 0 Å². The van der Waals surface area contributed by atoms with E-state index < -0.39 is 65.5 Å². The summed E-state index contributed by atoms with van der Waals surface area (Å²) in [6.07, 6.45) is -8.10. The van der Waals surface area contributed by atoms with Crippen LogP contribution in [0.4, 0.5) is 0 Å². The third kappa shape index (κ3) is 4.43. The number of fused-ring (bicyclic) bond motifs is 2. The number of hydrogen-bond acceptors (Lipinski definition) is 11. The summed E-state index contributed by atoms with van der Waals surface area (Å²) >= 11 is 0. The molecule has 0 amide bonds. The summed E-state index contributed by atoms with van der Waals surface area (Å²) in [5.74, 6) is -3.59. The van der Waals surface area contributed by atoms with E-state index in [-0.39, 0.29) is 22.3 Å². The topological polar surface area (TPSA) is 180 Å². The number of rotatable bonds is 4. The molecule has 1 aliphatic carbocycles. The molecule has 0 radical (unpaired) electrons. The predicted octanol–water partition coefficient (Wildman–Crippen LogP) is 1.07. The molecular formula is C27H28O11. The Labute approximate surface area is 217 Å². The maximum atomic E-state index is 13.4. The number of esters is 2. The Morgan fingerprint density at radius 3 is 2.26 bits per heavy atom. The molecule has 1 heterocycles. The van der Waals surface area contributed by atoms with E-state index in [2.05, 4.69) is 0 Å². The lowest BCUT2D eigenvalue weighted by Gasteiger charge is -2.49. The molecule has 4 rings (SSSR count). The SMILES string of the molecule is CC(=O)OC1OC(C2(O)c3cccc(O)c3C(=O)c3c(O)cc(C)cc32)C(O)C(OC(=O)C=C(C)C)C1O. The Balaban J connectivity index is 1.95. The zero-order valence-corrected chi connectivity index (χ0v) is 21.0. The number of carbonyl (C=O) groups is 3. The second-order valence-corrected chi connectivity index (χ2v) is 9.64. The number of benzene rings is 2. The zero-order chi connectivity index (χ0) is 28.1. The first kappa shape index (κ1) is 27.3. The molecule has 2 aliphatic rings. The number of aliphatic hydroxyl groups is 3. The smallest absolute Gasteiger partial charge is 0.331 e. The minimum absolute atomic E-state index is 0.172. The molecular weight excluding hydrogens is 500 g/mol. The number of aliphatic hydroxyl groups excluding tert-OH is 2. The van der Waals surface area contributed by atoms with E-state index in [0.29, 0.717) is 11.1 Å². The van der Waals surface area contributed by atoms with Gasteiger partial charge in [-0.25, -0.2) is 4.79 Å². The lowest BCUT2D eigenvalue weighted by atomic mass is 9.68. The molecule has 6 atom stereocenters. The van der Waals surface area contributed by atoms with Gasteiger partial charge >= 0.3 is 11.9 Å². The molecule has 11 heteroatoms. The Morgan fingerprint density at radius 1 is 0.974 bits per heavy atom. The van der Waals surface area contributed by atoms with Crippen molar-refractivity contribution >= 4 is 17.7 Å². The minimum atomic E-state index is -2.47. The van der Waals surface area contributed by atoms with Gasteiger partial charge in [-0.2, -0.15) is 0 Å². The van der Waals surface area contributed by atoms with Crippen LogP contribution in [-0.4, -0.2) is 74.0 Å². The number of ether oxygens (including phenoxy) is 3. The number of phenols is 2. The van der Waals surface area contributed by atoms with Crippen molar-refractivity contribution in [2.75, 3.05) is 0 Å². The summed E-state index contributed by atoms with van der Waals surface area (Å²) in [6.45, 7) is 5.88. The van der Waals surface area contributed by atoms with Crippen LogP contribution in [0.5, 0.6) is 11.5 Å². The number of phenolic OH excluding ortho intramolecular Hbond substituents is 2. The Morgan fingerprint density at radius 2 is 1.63 bits per heavy atom. The Kier molecular flexibility index (Phi) is 7.06. The van der Waals surface area contributed by atoms with Crippen LogP contribution in [0, 0.1) is 6.92 Å². The molecule has 0 spiro atoms. The molecule has 2 aromatic rings. The summed E-state index contributed by atoms with van der Waals surface area (Å²) in [5, 5.41) is 55.8. The monoisotopic (exact) mass is 528 g/mol. The number of allylic oxidation sites excluding steroid dienone is 1. The largest absolute Gasteiger partial charge is 0.507 e. The van der Waals surface area contributed by atoms with Crippen LogP contribution in [0.25, 0.3) is 0 Å². The fraction of sp³-hybridized carbons (Fsp3) is 0.370. The first-order valence-corrected chi connectivity index (χ1v) is 11.7. The van der Waals surface area contributed by atoms with E-state index in [4.69, 9.17) is 14.2 Å². The Hall–Kier alpha value is -3.77. The molecule has 2 aromatic carbocycles. The van der Waals surface area contributed by atoms with Crippen LogP contribution in [0.15, 0.2) is 42.0 Å². The van der Waals surface area contributed by atoms with Crippen molar-refractivity contribution in [3.63, 3.8) is 0 Å². The normalized spacial score (nSPS) is 28.1. The van der Waals surface area contributed by atoms with Gasteiger partial charge < -0.3 is 39.7 Å². The second kappa shape index (κ2) is 9.84. The van der Waals surface area contributed by atoms with Gasteiger partial charge in [-0.15, -0.1) is 0 Å². The molecule has 38 heavy (non-hydrogen) atoms. The highest BCUT2D eigenvalue weighted by molar-refractivity contribution is 6.16. The van der Waals surface area contributed by atoms with Gasteiger partial charge in [0.05, 0.1) is 11.1 Å². The van der Waals surface area contributed by atoms with Gasteiger partial charge in [-0.3, -0.25) is 9.59 Å². The molecule has 5 N–H and O–H groups in total. The van der Waals surface area contributed by atoms with Crippen LogP contribution in [0.1, 0.15) is 53.4 Å². The lowest BCUT2D eigenvalue weighted by molar-refractivity contribution is -0.314. The van der Waals surface area contributed by atoms with E-state index >= 15 is 0 Å². The van der Waals surface area contributed by atoms with Gasteiger partial charge in [0.2, 0.25) is 12.1 Å². The van der Waals surface area contributed by atoms with Gasteiger partial charge in [0, 0.05) is 24.1 Å². The van der Waals surface area contributed by atoms with E-state index in [1.165, 1.54) is 30.3 Å². The molecule has 0 aromatic heterocycles. The number of aromatic hydroxyl groups is 2. The molecule has 202 valence electrons. The summed E-state index contributed by atoms with van der Waals surface area (Å²) in [6, 6.07) is 6.57. The second-order valence-electron chi connectivity index (χ2n) is 9.64. The maximum Gasteiger partial charge on any atom is 0.331 e. The lowest BCUT2D eigenvalue weighted by Crippen LogP contribution is -2.66. The fourth-order valence-electron chi connectivity index (χ4n) is 4.96. The van der Waals surface area contributed by atoms with Crippen LogP contribution in [-0.2, 0) is 29.4 Å². The molecule has 0 saturated carbocycles. The summed E-state index contributed by atoms with van der Waals surface area (Å²) < 4.78 is 16.1. The van der Waals surface area contributed by atoms with Crippen molar-refractivity contribution in [1.29, 1.82) is 0 Å². The van der Waals surface area contributed by atoms with Gasteiger partial charge in [-0.05, 0) is 38.5 Å². The summed E-state index contributed by atoms with van der Waals surface area (Å²) in [4.78, 5) is 37.6. The Bertz CT molecular complexity index is 1340.